The molecule has 1 unspecified atom stereocenters. The normalized spacial score (nSPS) is 21.8. The predicted molar refractivity (Wildman–Crippen MR) is 122 cm³/mol. The van der Waals surface area contributed by atoms with Gasteiger partial charge in [0.2, 0.25) is 5.91 Å². The molecule has 0 saturated carbocycles. The van der Waals surface area contributed by atoms with Gasteiger partial charge in [-0.05, 0) is 18.6 Å². The molecule has 0 aromatic heterocycles. The van der Waals surface area contributed by atoms with Crippen molar-refractivity contribution in [3.63, 3.8) is 0 Å². The summed E-state index contributed by atoms with van der Waals surface area (Å²) in [7, 11) is -1.34. The van der Waals surface area contributed by atoms with Crippen LogP contribution in [0.25, 0.3) is 0 Å². The highest BCUT2D eigenvalue weighted by molar-refractivity contribution is 14.0. The predicted octanol–water partition coefficient (Wildman–Crippen LogP) is 0.305. The Kier molecular flexibility index (Phi) is 8.35. The average Bonchev–Trinajstić information content (AvgIpc) is 3.04. The van der Waals surface area contributed by atoms with Crippen molar-refractivity contribution in [2.75, 3.05) is 56.2 Å². The fraction of sp³-hybridized carbons (Fsp3) is 0.556. The van der Waals surface area contributed by atoms with Crippen LogP contribution in [-0.4, -0.2) is 82.5 Å². The monoisotopic (exact) mass is 521 g/mol. The first-order valence-electron chi connectivity index (χ1n) is 9.22. The molecule has 0 spiro atoms. The van der Waals surface area contributed by atoms with Crippen molar-refractivity contribution in [2.45, 2.75) is 12.5 Å². The maximum atomic E-state index is 12.5. The molecule has 8 nitrogen and oxygen atoms in total. The van der Waals surface area contributed by atoms with Gasteiger partial charge in [-0.3, -0.25) is 9.79 Å². The first-order chi connectivity index (χ1) is 13.0. The number of piperazine rings is 1. The molecule has 0 aliphatic carbocycles. The Bertz CT molecular complexity index is 780. The smallest absolute Gasteiger partial charge is 0.242 e. The van der Waals surface area contributed by atoms with Crippen LogP contribution in [0.5, 0.6) is 0 Å². The summed E-state index contributed by atoms with van der Waals surface area (Å²) in [5, 5.41) is 6.09. The van der Waals surface area contributed by atoms with Gasteiger partial charge in [-0.25, -0.2) is 8.42 Å². The third-order valence-corrected chi connectivity index (χ3v) is 6.73. The van der Waals surface area contributed by atoms with Crippen LogP contribution in [-0.2, 0) is 14.6 Å². The highest BCUT2D eigenvalue weighted by Gasteiger charge is 2.28. The summed E-state index contributed by atoms with van der Waals surface area (Å²) in [5.41, 5.74) is 1.18. The van der Waals surface area contributed by atoms with E-state index in [4.69, 9.17) is 0 Å². The summed E-state index contributed by atoms with van der Waals surface area (Å²) in [4.78, 5) is 20.7. The van der Waals surface area contributed by atoms with Gasteiger partial charge in [0.05, 0.1) is 18.1 Å². The van der Waals surface area contributed by atoms with E-state index in [1.165, 1.54) is 5.69 Å². The minimum atomic E-state index is -2.95. The number of carbonyl (C=O) groups excluding carboxylic acids is 1. The van der Waals surface area contributed by atoms with Crippen molar-refractivity contribution in [3.05, 3.63) is 30.3 Å². The number of aliphatic imine (C=N–C) groups is 1. The van der Waals surface area contributed by atoms with Crippen molar-refractivity contribution < 1.29 is 13.2 Å². The van der Waals surface area contributed by atoms with E-state index in [1.54, 1.807) is 7.05 Å². The van der Waals surface area contributed by atoms with E-state index in [2.05, 4.69) is 32.7 Å². The number of rotatable bonds is 4. The number of nitrogens with one attached hydrogen (secondary N) is 2. The molecule has 1 amide bonds. The Morgan fingerprint density at radius 2 is 1.86 bits per heavy atom. The first kappa shape index (κ1) is 22.7. The minimum absolute atomic E-state index is 0. The highest BCUT2D eigenvalue weighted by Crippen LogP contribution is 2.15. The Balaban J connectivity index is 0.00000280. The quantitative estimate of drug-likeness (QED) is 0.337. The number of hydrogen-bond acceptors (Lipinski definition) is 5. The van der Waals surface area contributed by atoms with Crippen molar-refractivity contribution in [2.24, 2.45) is 4.99 Å². The molecule has 1 aromatic carbocycles. The van der Waals surface area contributed by atoms with Gasteiger partial charge < -0.3 is 20.4 Å². The van der Waals surface area contributed by atoms with Crippen LogP contribution in [0.4, 0.5) is 5.69 Å². The lowest BCUT2D eigenvalue weighted by atomic mass is 10.2. The number of guanidine groups is 1. The van der Waals surface area contributed by atoms with Crippen LogP contribution in [0, 0.1) is 0 Å². The summed E-state index contributed by atoms with van der Waals surface area (Å²) in [6.45, 7) is 3.13. The SMILES string of the molecule is CN=C(NCC(=O)N1CCN(c2ccccc2)CC1)NC1CCS(=O)(=O)C1.I. The van der Waals surface area contributed by atoms with E-state index in [1.807, 2.05) is 23.1 Å². The van der Waals surface area contributed by atoms with E-state index >= 15 is 0 Å². The number of carbonyl (C=O) groups is 1. The van der Waals surface area contributed by atoms with Gasteiger partial charge in [-0.15, -0.1) is 24.0 Å². The Morgan fingerprint density at radius 3 is 2.43 bits per heavy atom. The van der Waals surface area contributed by atoms with E-state index in [9.17, 15) is 13.2 Å². The maximum absolute atomic E-state index is 12.5. The lowest BCUT2D eigenvalue weighted by Crippen LogP contribution is -2.53. The molecular weight excluding hydrogens is 493 g/mol. The van der Waals surface area contributed by atoms with Crippen LogP contribution in [0.3, 0.4) is 0 Å². The van der Waals surface area contributed by atoms with Crippen molar-refractivity contribution in [3.8, 4) is 0 Å². The minimum Gasteiger partial charge on any atom is -0.368 e. The van der Waals surface area contributed by atoms with E-state index < -0.39 is 9.84 Å². The zero-order valence-electron chi connectivity index (χ0n) is 16.0. The standard InChI is InChI=1S/C18H27N5O3S.HI/c1-19-18(21-15-7-12-27(25,26)14-15)20-13-17(24)23-10-8-22(9-11-23)16-5-3-2-4-6-16;/h2-6,15H,7-14H2,1H3,(H2,19,20,21);1H. The third kappa shape index (κ3) is 6.23. The largest absolute Gasteiger partial charge is 0.368 e. The third-order valence-electron chi connectivity index (χ3n) is 4.96. The van der Waals surface area contributed by atoms with Gasteiger partial charge >= 0.3 is 0 Å². The van der Waals surface area contributed by atoms with E-state index in [-0.39, 0.29) is 54.0 Å². The molecule has 10 heteroatoms. The maximum Gasteiger partial charge on any atom is 0.242 e. The summed E-state index contributed by atoms with van der Waals surface area (Å²) in [5.74, 6) is 0.799. The van der Waals surface area contributed by atoms with Gasteiger partial charge in [0.15, 0.2) is 15.8 Å². The molecule has 2 fully saturated rings. The number of para-hydroxylation sites is 1. The topological polar surface area (TPSA) is 94.1 Å². The number of benzene rings is 1. The summed E-state index contributed by atoms with van der Waals surface area (Å²) in [6, 6.07) is 10.0. The Hall–Kier alpha value is -1.56. The van der Waals surface area contributed by atoms with Crippen LogP contribution >= 0.6 is 24.0 Å². The molecule has 0 radical (unpaired) electrons. The molecule has 156 valence electrons. The van der Waals surface area contributed by atoms with Gasteiger partial charge in [-0.1, -0.05) is 18.2 Å². The number of amides is 1. The van der Waals surface area contributed by atoms with E-state index in [0.717, 1.165) is 13.1 Å². The Labute approximate surface area is 183 Å². The van der Waals surface area contributed by atoms with E-state index in [0.29, 0.717) is 25.5 Å². The second-order valence-electron chi connectivity index (χ2n) is 6.87. The fourth-order valence-corrected chi connectivity index (χ4v) is 5.09. The molecule has 2 aliphatic rings. The zero-order chi connectivity index (χ0) is 19.3. The molecule has 2 aliphatic heterocycles. The summed E-state index contributed by atoms with van der Waals surface area (Å²) < 4.78 is 23.1. The second-order valence-corrected chi connectivity index (χ2v) is 9.10. The van der Waals surface area contributed by atoms with Gasteiger partial charge in [0.25, 0.3) is 0 Å². The first-order valence-corrected chi connectivity index (χ1v) is 11.0. The number of hydrogen-bond donors (Lipinski definition) is 2. The number of sulfone groups is 1. The van der Waals surface area contributed by atoms with Gasteiger partial charge in [-0.2, -0.15) is 0 Å². The average molecular weight is 521 g/mol. The summed E-state index contributed by atoms with van der Waals surface area (Å²) in [6.07, 6.45) is 0.568. The van der Waals surface area contributed by atoms with Gasteiger partial charge in [0, 0.05) is 45.0 Å². The van der Waals surface area contributed by atoms with Crippen molar-refractivity contribution in [1.82, 2.24) is 15.5 Å². The molecule has 2 N–H and O–H groups in total. The lowest BCUT2D eigenvalue weighted by Gasteiger charge is -2.36. The van der Waals surface area contributed by atoms with Crippen molar-refractivity contribution >= 4 is 51.4 Å². The molecule has 2 saturated heterocycles. The highest BCUT2D eigenvalue weighted by atomic mass is 127. The number of nitrogens with zero attached hydrogens (tertiary/aromatic N) is 3. The van der Waals surface area contributed by atoms with Crippen LogP contribution < -0.4 is 15.5 Å². The molecular formula is C18H28IN5O3S. The number of anilines is 1. The summed E-state index contributed by atoms with van der Waals surface area (Å²) >= 11 is 0. The molecule has 3 rings (SSSR count). The molecule has 28 heavy (non-hydrogen) atoms. The van der Waals surface area contributed by atoms with Crippen LogP contribution in [0.15, 0.2) is 35.3 Å². The molecule has 1 aromatic rings. The number of halogens is 1. The second kappa shape index (κ2) is 10.3. The molecule has 2 heterocycles. The van der Waals surface area contributed by atoms with Crippen LogP contribution in [0.1, 0.15) is 6.42 Å². The van der Waals surface area contributed by atoms with Crippen molar-refractivity contribution in [1.29, 1.82) is 0 Å². The lowest BCUT2D eigenvalue weighted by molar-refractivity contribution is -0.130. The zero-order valence-corrected chi connectivity index (χ0v) is 19.2. The Morgan fingerprint density at radius 1 is 1.18 bits per heavy atom. The fourth-order valence-electron chi connectivity index (χ4n) is 3.42. The van der Waals surface area contributed by atoms with Crippen LogP contribution in [0.2, 0.25) is 0 Å². The molecule has 0 bridgehead atoms. The van der Waals surface area contributed by atoms with Gasteiger partial charge in [0.1, 0.15) is 0 Å². The molecule has 1 atom stereocenters.